The van der Waals surface area contributed by atoms with Crippen molar-refractivity contribution >= 4 is 15.9 Å². The number of rotatable bonds is 2. The van der Waals surface area contributed by atoms with E-state index >= 15 is 0 Å². The largest absolute Gasteiger partial charge is 0.507 e. The molecule has 0 spiro atoms. The minimum absolute atomic E-state index is 0.0843. The van der Waals surface area contributed by atoms with Gasteiger partial charge >= 0.3 is 0 Å². The molecule has 0 amide bonds. The van der Waals surface area contributed by atoms with Crippen molar-refractivity contribution < 1.29 is 9.63 Å². The van der Waals surface area contributed by atoms with E-state index in [1.165, 1.54) is 0 Å². The number of aromatic nitrogens is 3. The maximum atomic E-state index is 9.91. The predicted octanol–water partition coefficient (Wildman–Crippen LogP) is 3.58. The van der Waals surface area contributed by atoms with Crippen molar-refractivity contribution in [1.29, 1.82) is 0 Å². The molecule has 0 bridgehead atoms. The maximum absolute atomic E-state index is 9.91. The first-order chi connectivity index (χ1) is 9.65. The van der Waals surface area contributed by atoms with Crippen LogP contribution in [0.4, 0.5) is 0 Å². The van der Waals surface area contributed by atoms with E-state index in [4.69, 9.17) is 4.52 Å². The van der Waals surface area contributed by atoms with E-state index in [0.717, 1.165) is 15.6 Å². The number of hydrogen-bond acceptors (Lipinski definition) is 5. The number of pyridine rings is 1. The molecule has 1 aromatic carbocycles. The highest BCUT2D eigenvalue weighted by molar-refractivity contribution is 9.10. The lowest BCUT2D eigenvalue weighted by Gasteiger charge is -1.99. The number of aromatic hydroxyl groups is 1. The van der Waals surface area contributed by atoms with Gasteiger partial charge in [-0.05, 0) is 36.8 Å². The van der Waals surface area contributed by atoms with Gasteiger partial charge in [0.15, 0.2) is 0 Å². The van der Waals surface area contributed by atoms with Crippen molar-refractivity contribution in [2.45, 2.75) is 6.92 Å². The maximum Gasteiger partial charge on any atom is 0.261 e. The van der Waals surface area contributed by atoms with Crippen molar-refractivity contribution in [2.75, 3.05) is 0 Å². The number of phenolic OH excluding ortho intramolecular Hbond substituents is 1. The normalized spacial score (nSPS) is 10.7. The number of aryl methyl sites for hydroxylation is 1. The van der Waals surface area contributed by atoms with E-state index in [1.54, 1.807) is 30.6 Å². The van der Waals surface area contributed by atoms with E-state index < -0.39 is 0 Å². The summed E-state index contributed by atoms with van der Waals surface area (Å²) in [6.07, 6.45) is 3.41. The van der Waals surface area contributed by atoms with Crippen LogP contribution in [0.3, 0.4) is 0 Å². The van der Waals surface area contributed by atoms with Crippen LogP contribution in [0.5, 0.6) is 5.75 Å². The molecule has 2 aromatic heterocycles. The molecule has 0 atom stereocenters. The van der Waals surface area contributed by atoms with Gasteiger partial charge < -0.3 is 9.63 Å². The predicted molar refractivity (Wildman–Crippen MR) is 77.1 cm³/mol. The summed E-state index contributed by atoms with van der Waals surface area (Å²) in [6, 6.07) is 6.93. The van der Waals surface area contributed by atoms with Gasteiger partial charge in [-0.15, -0.1) is 0 Å². The molecule has 0 radical (unpaired) electrons. The van der Waals surface area contributed by atoms with Gasteiger partial charge in [0.25, 0.3) is 5.89 Å². The van der Waals surface area contributed by atoms with E-state index in [-0.39, 0.29) is 11.6 Å². The lowest BCUT2D eigenvalue weighted by Crippen LogP contribution is -1.86. The summed E-state index contributed by atoms with van der Waals surface area (Å²) >= 11 is 3.29. The second-order valence-electron chi connectivity index (χ2n) is 4.28. The van der Waals surface area contributed by atoms with Gasteiger partial charge in [0.2, 0.25) is 5.82 Å². The monoisotopic (exact) mass is 331 g/mol. The minimum Gasteiger partial charge on any atom is -0.507 e. The molecule has 6 heteroatoms. The Kier molecular flexibility index (Phi) is 3.23. The zero-order valence-electron chi connectivity index (χ0n) is 10.5. The Morgan fingerprint density at radius 1 is 1.20 bits per heavy atom. The summed E-state index contributed by atoms with van der Waals surface area (Å²) in [5, 5.41) is 13.9. The summed E-state index contributed by atoms with van der Waals surface area (Å²) in [5.74, 6) is 0.837. The second kappa shape index (κ2) is 5.05. The Balaban J connectivity index is 2.04. The van der Waals surface area contributed by atoms with Crippen LogP contribution in [-0.4, -0.2) is 20.2 Å². The Bertz CT molecular complexity index is 771. The molecule has 0 saturated heterocycles. The van der Waals surface area contributed by atoms with E-state index in [0.29, 0.717) is 11.4 Å². The highest BCUT2D eigenvalue weighted by Gasteiger charge is 2.15. The van der Waals surface area contributed by atoms with Crippen LogP contribution in [0.25, 0.3) is 22.8 Å². The number of benzene rings is 1. The lowest BCUT2D eigenvalue weighted by atomic mass is 10.1. The summed E-state index contributed by atoms with van der Waals surface area (Å²) < 4.78 is 6.00. The molecule has 0 aliphatic heterocycles. The Hall–Kier alpha value is -2.21. The first-order valence-corrected chi connectivity index (χ1v) is 6.68. The molecule has 20 heavy (non-hydrogen) atoms. The first kappa shape index (κ1) is 12.8. The van der Waals surface area contributed by atoms with Crippen molar-refractivity contribution in [3.05, 3.63) is 46.7 Å². The number of nitrogens with zero attached hydrogens (tertiary/aromatic N) is 3. The minimum atomic E-state index is 0.0843. The highest BCUT2D eigenvalue weighted by atomic mass is 79.9. The lowest BCUT2D eigenvalue weighted by molar-refractivity contribution is 0.425. The van der Waals surface area contributed by atoms with Crippen LogP contribution in [0.1, 0.15) is 5.56 Å². The van der Waals surface area contributed by atoms with E-state index in [2.05, 4.69) is 31.1 Å². The van der Waals surface area contributed by atoms with Crippen molar-refractivity contribution in [2.24, 2.45) is 0 Å². The number of hydrogen-bond donors (Lipinski definition) is 1. The third-order valence-corrected chi connectivity index (χ3v) is 3.37. The molecule has 0 saturated carbocycles. The fourth-order valence-electron chi connectivity index (χ4n) is 1.85. The van der Waals surface area contributed by atoms with Gasteiger partial charge in [0.05, 0.1) is 5.56 Å². The molecule has 100 valence electrons. The summed E-state index contributed by atoms with van der Waals surface area (Å²) in [5.41, 5.74) is 2.31. The molecular formula is C14H10BrN3O2. The van der Waals surface area contributed by atoms with Crippen LogP contribution in [0.15, 0.2) is 45.7 Å². The molecule has 3 rings (SSSR count). The zero-order valence-corrected chi connectivity index (χ0v) is 12.1. The van der Waals surface area contributed by atoms with Crippen LogP contribution in [0.2, 0.25) is 0 Å². The van der Waals surface area contributed by atoms with Gasteiger partial charge in [-0.25, -0.2) is 0 Å². The molecule has 1 N–H and O–H groups in total. The Morgan fingerprint density at radius 2 is 2.05 bits per heavy atom. The van der Waals surface area contributed by atoms with Crippen molar-refractivity contribution in [3.63, 3.8) is 0 Å². The SMILES string of the molecule is Cc1cnccc1-c1noc(-c2ccc(Br)cc2O)n1. The van der Waals surface area contributed by atoms with Gasteiger partial charge in [-0.3, -0.25) is 4.98 Å². The average molecular weight is 332 g/mol. The van der Waals surface area contributed by atoms with Gasteiger partial charge in [0, 0.05) is 22.4 Å². The van der Waals surface area contributed by atoms with Crippen LogP contribution in [-0.2, 0) is 0 Å². The standard InChI is InChI=1S/C14H10BrN3O2/c1-8-7-16-5-4-10(8)13-17-14(20-18-13)11-3-2-9(15)6-12(11)19/h2-7,19H,1H3. The fraction of sp³-hybridized carbons (Fsp3) is 0.0714. The summed E-state index contributed by atoms with van der Waals surface area (Å²) in [6.45, 7) is 1.93. The molecule has 0 unspecified atom stereocenters. The van der Waals surface area contributed by atoms with E-state index in [1.807, 2.05) is 13.0 Å². The molecule has 0 aliphatic carbocycles. The van der Waals surface area contributed by atoms with Crippen LogP contribution >= 0.6 is 15.9 Å². The van der Waals surface area contributed by atoms with Crippen LogP contribution in [0, 0.1) is 6.92 Å². The molecule has 3 aromatic rings. The fourth-order valence-corrected chi connectivity index (χ4v) is 2.20. The highest BCUT2D eigenvalue weighted by Crippen LogP contribution is 2.32. The van der Waals surface area contributed by atoms with Crippen LogP contribution < -0.4 is 0 Å². The zero-order chi connectivity index (χ0) is 14.1. The molecule has 0 fully saturated rings. The quantitative estimate of drug-likeness (QED) is 0.777. The summed E-state index contributed by atoms with van der Waals surface area (Å²) in [7, 11) is 0. The molecule has 2 heterocycles. The topological polar surface area (TPSA) is 72.0 Å². The van der Waals surface area contributed by atoms with Crippen molar-refractivity contribution in [3.8, 4) is 28.6 Å². The Labute approximate surface area is 123 Å². The second-order valence-corrected chi connectivity index (χ2v) is 5.19. The van der Waals surface area contributed by atoms with E-state index in [9.17, 15) is 5.11 Å². The van der Waals surface area contributed by atoms with Gasteiger partial charge in [0.1, 0.15) is 5.75 Å². The average Bonchev–Trinajstić information content (AvgIpc) is 2.88. The van der Waals surface area contributed by atoms with Gasteiger partial charge in [-0.2, -0.15) is 4.98 Å². The molecule has 0 aliphatic rings. The Morgan fingerprint density at radius 3 is 2.80 bits per heavy atom. The van der Waals surface area contributed by atoms with Gasteiger partial charge in [-0.1, -0.05) is 21.1 Å². The number of phenols is 1. The molecule has 5 nitrogen and oxygen atoms in total. The molecular weight excluding hydrogens is 322 g/mol. The third-order valence-electron chi connectivity index (χ3n) is 2.88. The summed E-state index contributed by atoms with van der Waals surface area (Å²) in [4.78, 5) is 8.35. The first-order valence-electron chi connectivity index (χ1n) is 5.89. The van der Waals surface area contributed by atoms with Crippen molar-refractivity contribution in [1.82, 2.24) is 15.1 Å². The third kappa shape index (κ3) is 2.30. The number of halogens is 1. The smallest absolute Gasteiger partial charge is 0.261 e.